The van der Waals surface area contributed by atoms with Crippen LogP contribution >= 0.6 is 15.9 Å². The second kappa shape index (κ2) is 10.2. The van der Waals surface area contributed by atoms with E-state index in [1.807, 2.05) is 0 Å². The maximum atomic E-state index is 3.82. The molecular weight excluding hydrogens is 492 g/mol. The van der Waals surface area contributed by atoms with E-state index in [1.165, 1.54) is 11.1 Å². The van der Waals surface area contributed by atoms with Crippen LogP contribution in [0.3, 0.4) is 0 Å². The van der Waals surface area contributed by atoms with E-state index in [0.717, 1.165) is 38.6 Å². The van der Waals surface area contributed by atoms with Gasteiger partial charge in [0.05, 0.1) is 0 Å². The summed E-state index contributed by atoms with van der Waals surface area (Å²) in [7, 11) is 0. The lowest BCUT2D eigenvalue weighted by atomic mass is 10.1. The first-order valence-electron chi connectivity index (χ1n) is 11.7. The van der Waals surface area contributed by atoms with Crippen molar-refractivity contribution in [2.45, 2.75) is 13.8 Å². The van der Waals surface area contributed by atoms with E-state index < -0.39 is 0 Å². The Morgan fingerprint density at radius 3 is 1.29 bits per heavy atom. The van der Waals surface area contributed by atoms with Gasteiger partial charge in [-0.1, -0.05) is 88.7 Å². The summed E-state index contributed by atoms with van der Waals surface area (Å²) in [6.45, 7) is 4.33. The molecule has 0 aliphatic rings. The van der Waals surface area contributed by atoms with Crippen LogP contribution in [-0.4, -0.2) is 0 Å². The van der Waals surface area contributed by atoms with E-state index in [4.69, 9.17) is 0 Å². The van der Waals surface area contributed by atoms with E-state index in [0.29, 0.717) is 0 Å². The fourth-order valence-corrected chi connectivity index (χ4v) is 4.92. The highest BCUT2D eigenvalue weighted by Crippen LogP contribution is 2.43. The molecular formula is C32H27BrN2. The summed E-state index contributed by atoms with van der Waals surface area (Å²) in [5, 5.41) is 0. The van der Waals surface area contributed by atoms with Gasteiger partial charge in [0, 0.05) is 38.6 Å². The van der Waals surface area contributed by atoms with Crippen LogP contribution in [0.15, 0.2) is 132 Å². The SMILES string of the molecule is Cc1ccccc1N(c1cc(Br)cc(N(c2ccccc2)c2ccccc2)c1)c1ccccc1C. The molecule has 5 aromatic rings. The largest absolute Gasteiger partial charge is 0.310 e. The summed E-state index contributed by atoms with van der Waals surface area (Å²) >= 11 is 3.82. The molecule has 0 amide bonds. The molecule has 2 nitrogen and oxygen atoms in total. The Morgan fingerprint density at radius 2 is 0.829 bits per heavy atom. The monoisotopic (exact) mass is 518 g/mol. The van der Waals surface area contributed by atoms with Gasteiger partial charge in [-0.05, 0) is 79.6 Å². The van der Waals surface area contributed by atoms with Crippen molar-refractivity contribution >= 4 is 50.1 Å². The van der Waals surface area contributed by atoms with Crippen LogP contribution in [0.5, 0.6) is 0 Å². The first-order chi connectivity index (χ1) is 17.1. The number of rotatable bonds is 6. The Hall–Kier alpha value is -3.82. The molecule has 5 aromatic carbocycles. The van der Waals surface area contributed by atoms with Crippen molar-refractivity contribution in [2.75, 3.05) is 9.80 Å². The Kier molecular flexibility index (Phi) is 6.69. The molecule has 0 radical (unpaired) electrons. The number of aryl methyl sites for hydroxylation is 2. The van der Waals surface area contributed by atoms with Gasteiger partial charge in [-0.3, -0.25) is 0 Å². The smallest absolute Gasteiger partial charge is 0.0493 e. The number of halogens is 1. The molecule has 0 heterocycles. The third kappa shape index (κ3) is 4.87. The summed E-state index contributed by atoms with van der Waals surface area (Å²) < 4.78 is 1.02. The van der Waals surface area contributed by atoms with Gasteiger partial charge in [-0.25, -0.2) is 0 Å². The van der Waals surface area contributed by atoms with Gasteiger partial charge in [0.15, 0.2) is 0 Å². The number of benzene rings is 5. The van der Waals surface area contributed by atoms with Crippen molar-refractivity contribution in [3.8, 4) is 0 Å². The molecule has 5 rings (SSSR count). The molecule has 172 valence electrons. The molecule has 0 spiro atoms. The van der Waals surface area contributed by atoms with Gasteiger partial charge < -0.3 is 9.80 Å². The van der Waals surface area contributed by atoms with Gasteiger partial charge in [0.1, 0.15) is 0 Å². The number of hydrogen-bond donors (Lipinski definition) is 0. The fourth-order valence-electron chi connectivity index (χ4n) is 4.46. The molecule has 0 fully saturated rings. The Bertz CT molecular complexity index is 1350. The highest BCUT2D eigenvalue weighted by molar-refractivity contribution is 9.10. The maximum absolute atomic E-state index is 3.82. The van der Waals surface area contributed by atoms with Gasteiger partial charge in [0.25, 0.3) is 0 Å². The molecule has 0 atom stereocenters. The van der Waals surface area contributed by atoms with E-state index >= 15 is 0 Å². The summed E-state index contributed by atoms with van der Waals surface area (Å²) in [5.74, 6) is 0. The number of para-hydroxylation sites is 4. The lowest BCUT2D eigenvalue weighted by Crippen LogP contribution is -2.14. The van der Waals surface area contributed by atoms with Crippen LogP contribution in [0.4, 0.5) is 34.1 Å². The molecule has 0 unspecified atom stereocenters. The summed E-state index contributed by atoms with van der Waals surface area (Å²) in [6.07, 6.45) is 0. The topological polar surface area (TPSA) is 6.48 Å². The summed E-state index contributed by atoms with van der Waals surface area (Å²) in [5.41, 5.74) is 9.17. The van der Waals surface area contributed by atoms with Crippen molar-refractivity contribution in [1.29, 1.82) is 0 Å². The zero-order valence-electron chi connectivity index (χ0n) is 19.9. The third-order valence-electron chi connectivity index (χ3n) is 6.13. The molecule has 0 bridgehead atoms. The van der Waals surface area contributed by atoms with Crippen LogP contribution in [-0.2, 0) is 0 Å². The number of nitrogens with zero attached hydrogens (tertiary/aromatic N) is 2. The fraction of sp³-hybridized carbons (Fsp3) is 0.0625. The average molecular weight is 519 g/mol. The van der Waals surface area contributed by atoms with E-state index in [1.54, 1.807) is 0 Å². The minimum Gasteiger partial charge on any atom is -0.310 e. The number of anilines is 6. The van der Waals surface area contributed by atoms with Crippen LogP contribution in [0.2, 0.25) is 0 Å². The van der Waals surface area contributed by atoms with Crippen molar-refractivity contribution in [3.05, 3.63) is 143 Å². The first kappa shape index (κ1) is 22.9. The molecule has 0 aliphatic heterocycles. The van der Waals surface area contributed by atoms with E-state index in [2.05, 4.69) is 167 Å². The highest BCUT2D eigenvalue weighted by Gasteiger charge is 2.19. The van der Waals surface area contributed by atoms with E-state index in [-0.39, 0.29) is 0 Å². The lowest BCUT2D eigenvalue weighted by Gasteiger charge is -2.31. The van der Waals surface area contributed by atoms with Crippen LogP contribution < -0.4 is 9.80 Å². The predicted octanol–water partition coefficient (Wildman–Crippen LogP) is 10.0. The molecule has 0 saturated carbocycles. The lowest BCUT2D eigenvalue weighted by molar-refractivity contribution is 1.21. The van der Waals surface area contributed by atoms with E-state index in [9.17, 15) is 0 Å². The normalized spacial score (nSPS) is 10.7. The zero-order valence-corrected chi connectivity index (χ0v) is 21.5. The molecule has 3 heteroatoms. The van der Waals surface area contributed by atoms with Crippen molar-refractivity contribution in [2.24, 2.45) is 0 Å². The van der Waals surface area contributed by atoms with Crippen LogP contribution in [0.25, 0.3) is 0 Å². The van der Waals surface area contributed by atoms with Gasteiger partial charge in [-0.15, -0.1) is 0 Å². The van der Waals surface area contributed by atoms with Crippen molar-refractivity contribution < 1.29 is 0 Å². The summed E-state index contributed by atoms with van der Waals surface area (Å²) in [4.78, 5) is 4.65. The average Bonchev–Trinajstić information content (AvgIpc) is 2.88. The van der Waals surface area contributed by atoms with Crippen LogP contribution in [0.1, 0.15) is 11.1 Å². The van der Waals surface area contributed by atoms with Gasteiger partial charge in [-0.2, -0.15) is 0 Å². The quantitative estimate of drug-likeness (QED) is 0.220. The van der Waals surface area contributed by atoms with Crippen molar-refractivity contribution in [3.63, 3.8) is 0 Å². The first-order valence-corrected chi connectivity index (χ1v) is 12.5. The molecule has 0 N–H and O–H groups in total. The minimum absolute atomic E-state index is 1.02. The van der Waals surface area contributed by atoms with Gasteiger partial charge in [0.2, 0.25) is 0 Å². The van der Waals surface area contributed by atoms with Crippen LogP contribution in [0, 0.1) is 13.8 Å². The standard InChI is InChI=1S/C32H27BrN2/c1-24-13-9-11-19-31(24)35(32-20-12-10-14-25(32)2)30-22-26(33)21-29(23-30)34(27-15-5-3-6-16-27)28-17-7-4-8-18-28/h3-23H,1-2H3. The summed E-state index contributed by atoms with van der Waals surface area (Å²) in [6, 6.07) is 44.8. The molecule has 0 saturated heterocycles. The highest BCUT2D eigenvalue weighted by atomic mass is 79.9. The zero-order chi connectivity index (χ0) is 24.2. The second-order valence-corrected chi connectivity index (χ2v) is 9.50. The third-order valence-corrected chi connectivity index (χ3v) is 6.58. The maximum Gasteiger partial charge on any atom is 0.0493 e. The minimum atomic E-state index is 1.02. The Morgan fingerprint density at radius 1 is 0.429 bits per heavy atom. The van der Waals surface area contributed by atoms with Gasteiger partial charge >= 0.3 is 0 Å². The Labute approximate surface area is 216 Å². The molecule has 35 heavy (non-hydrogen) atoms. The number of hydrogen-bond acceptors (Lipinski definition) is 2. The Balaban J connectivity index is 1.73. The second-order valence-electron chi connectivity index (χ2n) is 8.58. The molecule has 0 aliphatic carbocycles. The predicted molar refractivity (Wildman–Crippen MR) is 153 cm³/mol. The van der Waals surface area contributed by atoms with Crippen molar-refractivity contribution in [1.82, 2.24) is 0 Å². The molecule has 0 aromatic heterocycles.